The van der Waals surface area contributed by atoms with Gasteiger partial charge >= 0.3 is 5.69 Å². The number of β-amino-alcohol motifs (C(OH)–C–C–N with tert-alkyl or cyclic N) is 1. The van der Waals surface area contributed by atoms with Crippen LogP contribution in [0.4, 0.5) is 10.2 Å². The van der Waals surface area contributed by atoms with Gasteiger partial charge in [0.2, 0.25) is 0 Å². The molecule has 1 unspecified atom stereocenters. The van der Waals surface area contributed by atoms with Gasteiger partial charge in [-0.1, -0.05) is 12.1 Å². The number of halogens is 1. The Morgan fingerprint density at radius 1 is 1.18 bits per heavy atom. The van der Waals surface area contributed by atoms with Gasteiger partial charge < -0.3 is 30.2 Å². The van der Waals surface area contributed by atoms with E-state index in [4.69, 9.17) is 4.74 Å². The smallest absolute Gasteiger partial charge is 0.326 e. The molecule has 4 aromatic rings. The zero-order valence-electron chi connectivity index (χ0n) is 20.5. The van der Waals surface area contributed by atoms with Gasteiger partial charge in [-0.05, 0) is 55.3 Å². The number of carbonyl (C=O) groups is 1. The number of para-hydroxylation sites is 1. The molecule has 2 aromatic heterocycles. The van der Waals surface area contributed by atoms with Crippen molar-refractivity contribution in [2.75, 3.05) is 31.6 Å². The summed E-state index contributed by atoms with van der Waals surface area (Å²) >= 11 is 0. The number of carbonyl (C=O) groups excluding carboxylic acids is 1. The molecule has 11 heteroatoms. The van der Waals surface area contributed by atoms with Crippen molar-refractivity contribution < 1.29 is 24.1 Å². The van der Waals surface area contributed by atoms with Crippen LogP contribution in [0.1, 0.15) is 29.2 Å². The zero-order chi connectivity index (χ0) is 26.6. The van der Waals surface area contributed by atoms with Crippen molar-refractivity contribution in [2.45, 2.75) is 25.0 Å². The number of hydrogen-bond donors (Lipinski definition) is 4. The van der Waals surface area contributed by atoms with Gasteiger partial charge in [-0.15, -0.1) is 0 Å². The van der Waals surface area contributed by atoms with Crippen LogP contribution < -0.4 is 15.7 Å². The summed E-state index contributed by atoms with van der Waals surface area (Å²) in [7, 11) is 0. The van der Waals surface area contributed by atoms with Crippen molar-refractivity contribution in [1.29, 1.82) is 0 Å². The number of nitrogens with one attached hydrogen (secondary N) is 2. The first kappa shape index (κ1) is 25.4. The lowest BCUT2D eigenvalue weighted by Crippen LogP contribution is -2.42. The predicted octanol–water partition coefficient (Wildman–Crippen LogP) is 2.90. The Morgan fingerprint density at radius 3 is 2.76 bits per heavy atom. The van der Waals surface area contributed by atoms with Gasteiger partial charge in [0.1, 0.15) is 24.3 Å². The molecule has 0 aliphatic carbocycles. The first-order valence-electron chi connectivity index (χ1n) is 12.4. The molecule has 10 nitrogen and oxygen atoms in total. The van der Waals surface area contributed by atoms with Crippen molar-refractivity contribution in [2.24, 2.45) is 0 Å². The molecule has 1 aliphatic rings. The summed E-state index contributed by atoms with van der Waals surface area (Å²) in [4.78, 5) is 34.0. The van der Waals surface area contributed by atoms with Gasteiger partial charge in [-0.2, -0.15) is 0 Å². The number of likely N-dealkylation sites (tertiary alicyclic amines) is 1. The Hall–Kier alpha value is -4.22. The number of anilines is 1. The third kappa shape index (κ3) is 5.53. The standard InChI is InChI=1S/C27H28FN5O5/c28-17-7-8-22-21(14-17)30-27(37)33(22)18-9-12-32(13-10-18)15-19(34)16-38-24-6-2-1-4-20(24)26(36)31-25-23(35)5-3-11-29-25/h1-8,11,14,18-19,34-35H,9-10,12-13,15-16H2,(H,30,37)(H,29,31,36). The number of fused-ring (bicyclic) bond motifs is 1. The predicted molar refractivity (Wildman–Crippen MR) is 139 cm³/mol. The number of hydrogen-bond acceptors (Lipinski definition) is 7. The molecule has 0 saturated carbocycles. The second kappa shape index (κ2) is 11.0. The fraction of sp³-hybridized carbons (Fsp3) is 0.296. The molecule has 4 N–H and O–H groups in total. The van der Waals surface area contributed by atoms with Gasteiger partial charge in [0.15, 0.2) is 11.6 Å². The maximum absolute atomic E-state index is 13.5. The second-order valence-electron chi connectivity index (χ2n) is 9.28. The minimum Gasteiger partial charge on any atom is -0.504 e. The molecular weight excluding hydrogens is 493 g/mol. The minimum absolute atomic E-state index is 0.0183. The number of piperidine rings is 1. The summed E-state index contributed by atoms with van der Waals surface area (Å²) in [6, 6.07) is 13.9. The van der Waals surface area contributed by atoms with E-state index in [9.17, 15) is 24.2 Å². The number of amides is 1. The third-order valence-electron chi connectivity index (χ3n) is 6.65. The molecule has 0 radical (unpaired) electrons. The number of rotatable bonds is 8. The number of nitrogens with zero attached hydrogens (tertiary/aromatic N) is 3. The van der Waals surface area contributed by atoms with Crippen molar-refractivity contribution >= 4 is 22.8 Å². The Kier molecular flexibility index (Phi) is 7.38. The average molecular weight is 522 g/mol. The lowest BCUT2D eigenvalue weighted by molar-refractivity contribution is 0.0555. The molecule has 2 aromatic carbocycles. The summed E-state index contributed by atoms with van der Waals surface area (Å²) in [5, 5.41) is 23.0. The maximum atomic E-state index is 13.5. The highest BCUT2D eigenvalue weighted by atomic mass is 19.1. The molecule has 1 aliphatic heterocycles. The first-order valence-corrected chi connectivity index (χ1v) is 12.4. The fourth-order valence-corrected chi connectivity index (χ4v) is 4.81. The molecule has 3 heterocycles. The molecule has 0 spiro atoms. The highest BCUT2D eigenvalue weighted by Crippen LogP contribution is 2.26. The SMILES string of the molecule is O=C(Nc1ncccc1O)c1ccccc1OCC(O)CN1CCC(n2c(=O)[nH]c3cc(F)ccc32)CC1. The Labute approximate surface area is 217 Å². The second-order valence-corrected chi connectivity index (χ2v) is 9.28. The summed E-state index contributed by atoms with van der Waals surface area (Å²) in [6.45, 7) is 1.70. The van der Waals surface area contributed by atoms with Gasteiger partial charge in [0, 0.05) is 31.9 Å². The maximum Gasteiger partial charge on any atom is 0.326 e. The van der Waals surface area contributed by atoms with E-state index in [0.717, 1.165) is 0 Å². The lowest BCUT2D eigenvalue weighted by atomic mass is 10.0. The molecule has 38 heavy (non-hydrogen) atoms. The molecule has 1 amide bonds. The topological polar surface area (TPSA) is 133 Å². The van der Waals surface area contributed by atoms with Crippen LogP contribution in [-0.4, -0.2) is 67.9 Å². The Morgan fingerprint density at radius 2 is 1.97 bits per heavy atom. The monoisotopic (exact) mass is 521 g/mol. The van der Waals surface area contributed by atoms with E-state index in [2.05, 4.69) is 20.2 Å². The molecule has 1 fully saturated rings. The van der Waals surface area contributed by atoms with Crippen molar-refractivity contribution in [3.63, 3.8) is 0 Å². The Balaban J connectivity index is 1.15. The van der Waals surface area contributed by atoms with Gasteiger partial charge in [0.25, 0.3) is 5.91 Å². The minimum atomic E-state index is -0.804. The zero-order valence-corrected chi connectivity index (χ0v) is 20.5. The van der Waals surface area contributed by atoms with E-state index in [0.29, 0.717) is 49.3 Å². The fourth-order valence-electron chi connectivity index (χ4n) is 4.81. The van der Waals surface area contributed by atoms with Crippen molar-refractivity contribution in [1.82, 2.24) is 19.4 Å². The van der Waals surface area contributed by atoms with E-state index in [1.165, 1.54) is 24.4 Å². The highest BCUT2D eigenvalue weighted by molar-refractivity contribution is 6.06. The van der Waals surface area contributed by atoms with Crippen LogP contribution in [0.2, 0.25) is 0 Å². The van der Waals surface area contributed by atoms with Crippen LogP contribution in [0.3, 0.4) is 0 Å². The Bertz CT molecular complexity index is 1490. The van der Waals surface area contributed by atoms with Crippen LogP contribution in [0, 0.1) is 5.82 Å². The number of imidazole rings is 1. The van der Waals surface area contributed by atoms with Crippen LogP contribution in [-0.2, 0) is 0 Å². The summed E-state index contributed by atoms with van der Waals surface area (Å²) in [5.74, 6) is -0.706. The molecular formula is C27H28FN5O5. The van der Waals surface area contributed by atoms with Gasteiger partial charge in [0.05, 0.1) is 16.6 Å². The normalized spacial score (nSPS) is 15.4. The first-order chi connectivity index (χ1) is 18.4. The van der Waals surface area contributed by atoms with Crippen LogP contribution in [0.15, 0.2) is 65.6 Å². The van der Waals surface area contributed by atoms with Gasteiger partial charge in [-0.25, -0.2) is 14.2 Å². The van der Waals surface area contributed by atoms with E-state index >= 15 is 0 Å². The average Bonchev–Trinajstić information content (AvgIpc) is 3.24. The number of pyridine rings is 1. The number of aromatic hydroxyl groups is 1. The largest absolute Gasteiger partial charge is 0.504 e. The number of aliphatic hydroxyl groups excluding tert-OH is 1. The van der Waals surface area contributed by atoms with Crippen LogP contribution in [0.25, 0.3) is 11.0 Å². The number of H-pyrrole nitrogens is 1. The molecule has 198 valence electrons. The number of aliphatic hydroxyl groups is 1. The van der Waals surface area contributed by atoms with Crippen molar-refractivity contribution in [3.05, 3.63) is 82.7 Å². The molecule has 1 saturated heterocycles. The van der Waals surface area contributed by atoms with E-state index in [-0.39, 0.29) is 35.5 Å². The number of aromatic amines is 1. The molecule has 1 atom stereocenters. The van der Waals surface area contributed by atoms with E-state index in [1.807, 2.05) is 0 Å². The van der Waals surface area contributed by atoms with E-state index in [1.54, 1.807) is 41.0 Å². The quantitative estimate of drug-likeness (QED) is 0.280. The lowest BCUT2D eigenvalue weighted by Gasteiger charge is -2.33. The summed E-state index contributed by atoms with van der Waals surface area (Å²) in [6.07, 6.45) is 2.07. The van der Waals surface area contributed by atoms with Crippen LogP contribution in [0.5, 0.6) is 11.5 Å². The molecule has 5 rings (SSSR count). The summed E-state index contributed by atoms with van der Waals surface area (Å²) in [5.41, 5.74) is 1.16. The number of benzene rings is 2. The molecule has 0 bridgehead atoms. The summed E-state index contributed by atoms with van der Waals surface area (Å²) < 4.78 is 21.0. The third-order valence-corrected chi connectivity index (χ3v) is 6.65. The number of ether oxygens (including phenoxy) is 1. The number of aromatic nitrogens is 3. The van der Waals surface area contributed by atoms with Crippen LogP contribution >= 0.6 is 0 Å². The van der Waals surface area contributed by atoms with Gasteiger partial charge in [-0.3, -0.25) is 9.36 Å². The highest BCUT2D eigenvalue weighted by Gasteiger charge is 2.25. The van der Waals surface area contributed by atoms with E-state index < -0.39 is 17.8 Å². The van der Waals surface area contributed by atoms with Crippen molar-refractivity contribution in [3.8, 4) is 11.5 Å².